The molecule has 0 unspecified atom stereocenters. The zero-order valence-electron chi connectivity index (χ0n) is 9.74. The van der Waals surface area contributed by atoms with E-state index in [0.717, 1.165) is 17.7 Å². The first kappa shape index (κ1) is 13.9. The Morgan fingerprint density at radius 2 is 1.89 bits per heavy atom. The second-order valence-electron chi connectivity index (χ2n) is 3.75. The molecule has 0 aromatic heterocycles. The molecule has 0 aliphatic heterocycles. The lowest BCUT2D eigenvalue weighted by Gasteiger charge is -2.15. The molecule has 3 N–H and O–H groups in total. The zero-order chi connectivity index (χ0) is 13.4. The van der Waals surface area contributed by atoms with E-state index in [1.54, 1.807) is 0 Å². The van der Waals surface area contributed by atoms with E-state index in [0.29, 0.717) is 6.42 Å². The maximum atomic E-state index is 11.3. The SMILES string of the molecule is O=C(O)/C=C\C(=O)N[C@H](CO)Cc1ccccc1. The Balaban J connectivity index is 2.52. The van der Waals surface area contributed by atoms with Crippen molar-refractivity contribution in [2.24, 2.45) is 0 Å². The molecule has 5 nitrogen and oxygen atoms in total. The normalized spacial score (nSPS) is 12.3. The van der Waals surface area contributed by atoms with Crippen molar-refractivity contribution < 1.29 is 19.8 Å². The molecule has 0 bridgehead atoms. The maximum absolute atomic E-state index is 11.3. The molecule has 18 heavy (non-hydrogen) atoms. The number of hydrogen-bond acceptors (Lipinski definition) is 3. The third kappa shape index (κ3) is 5.27. The van der Waals surface area contributed by atoms with E-state index in [1.165, 1.54) is 0 Å². The lowest BCUT2D eigenvalue weighted by Crippen LogP contribution is -2.38. The van der Waals surface area contributed by atoms with E-state index >= 15 is 0 Å². The van der Waals surface area contributed by atoms with Gasteiger partial charge in [0, 0.05) is 12.2 Å². The smallest absolute Gasteiger partial charge is 0.328 e. The number of aliphatic hydroxyl groups is 1. The van der Waals surface area contributed by atoms with Gasteiger partial charge in [0.25, 0.3) is 0 Å². The van der Waals surface area contributed by atoms with Gasteiger partial charge in [0.1, 0.15) is 0 Å². The monoisotopic (exact) mass is 249 g/mol. The molecule has 0 fully saturated rings. The summed E-state index contributed by atoms with van der Waals surface area (Å²) in [6, 6.07) is 8.97. The molecular weight excluding hydrogens is 234 g/mol. The number of carboxylic acid groups (broad SMARTS) is 1. The van der Waals surface area contributed by atoms with Crippen molar-refractivity contribution in [3.8, 4) is 0 Å². The van der Waals surface area contributed by atoms with Gasteiger partial charge in [-0.1, -0.05) is 30.3 Å². The Hall–Kier alpha value is -2.14. The summed E-state index contributed by atoms with van der Waals surface area (Å²) in [4.78, 5) is 21.6. The van der Waals surface area contributed by atoms with Gasteiger partial charge in [0.2, 0.25) is 5.91 Å². The Kier molecular flexibility index (Phi) is 5.60. The summed E-state index contributed by atoms with van der Waals surface area (Å²) in [5.74, 6) is -1.72. The Labute approximate surface area is 105 Å². The predicted molar refractivity (Wildman–Crippen MR) is 65.9 cm³/mol. The van der Waals surface area contributed by atoms with Gasteiger partial charge in [0.15, 0.2) is 0 Å². The number of carbonyl (C=O) groups is 2. The minimum Gasteiger partial charge on any atom is -0.478 e. The molecule has 1 aromatic rings. The number of amides is 1. The van der Waals surface area contributed by atoms with Gasteiger partial charge in [0.05, 0.1) is 12.6 Å². The van der Waals surface area contributed by atoms with Crippen LogP contribution in [-0.2, 0) is 16.0 Å². The molecule has 1 amide bonds. The first-order chi connectivity index (χ1) is 8.61. The van der Waals surface area contributed by atoms with E-state index in [4.69, 9.17) is 10.2 Å². The van der Waals surface area contributed by atoms with Crippen molar-refractivity contribution in [3.63, 3.8) is 0 Å². The van der Waals surface area contributed by atoms with Crippen LogP contribution in [0.5, 0.6) is 0 Å². The zero-order valence-corrected chi connectivity index (χ0v) is 9.74. The third-order valence-electron chi connectivity index (χ3n) is 2.27. The summed E-state index contributed by atoms with van der Waals surface area (Å²) in [6.07, 6.45) is 2.17. The molecule has 0 radical (unpaired) electrons. The molecule has 1 rings (SSSR count). The van der Waals surface area contributed by atoms with Crippen molar-refractivity contribution in [3.05, 3.63) is 48.0 Å². The summed E-state index contributed by atoms with van der Waals surface area (Å²) in [5, 5.41) is 20.1. The average molecular weight is 249 g/mol. The minimum absolute atomic E-state index is 0.207. The third-order valence-corrected chi connectivity index (χ3v) is 2.27. The number of nitrogens with one attached hydrogen (secondary N) is 1. The van der Waals surface area contributed by atoms with Gasteiger partial charge < -0.3 is 15.5 Å². The fourth-order valence-electron chi connectivity index (χ4n) is 1.46. The Bertz CT molecular complexity index is 428. The van der Waals surface area contributed by atoms with Crippen LogP contribution in [0, 0.1) is 0 Å². The summed E-state index contributed by atoms with van der Waals surface area (Å²) in [5.41, 5.74) is 0.985. The fourth-order valence-corrected chi connectivity index (χ4v) is 1.46. The first-order valence-corrected chi connectivity index (χ1v) is 5.48. The van der Waals surface area contributed by atoms with Crippen molar-refractivity contribution in [1.29, 1.82) is 0 Å². The van der Waals surface area contributed by atoms with E-state index in [2.05, 4.69) is 5.32 Å². The molecule has 0 saturated carbocycles. The minimum atomic E-state index is -1.19. The van der Waals surface area contributed by atoms with Crippen LogP contribution in [0.1, 0.15) is 5.56 Å². The van der Waals surface area contributed by atoms with E-state index in [1.807, 2.05) is 30.3 Å². The van der Waals surface area contributed by atoms with Crippen LogP contribution in [0.2, 0.25) is 0 Å². The highest BCUT2D eigenvalue weighted by molar-refractivity contribution is 5.94. The molecule has 1 atom stereocenters. The highest BCUT2D eigenvalue weighted by Gasteiger charge is 2.10. The van der Waals surface area contributed by atoms with E-state index in [-0.39, 0.29) is 6.61 Å². The number of aliphatic hydroxyl groups excluding tert-OH is 1. The maximum Gasteiger partial charge on any atom is 0.328 e. The molecule has 0 saturated heterocycles. The van der Waals surface area contributed by atoms with Crippen LogP contribution in [0.4, 0.5) is 0 Å². The van der Waals surface area contributed by atoms with Gasteiger partial charge >= 0.3 is 5.97 Å². The number of carbonyl (C=O) groups excluding carboxylic acids is 1. The topological polar surface area (TPSA) is 86.6 Å². The standard InChI is InChI=1S/C13H15NO4/c15-9-11(8-10-4-2-1-3-5-10)14-12(16)6-7-13(17)18/h1-7,11,15H,8-9H2,(H,14,16)(H,17,18)/b7-6-/t11-/m0/s1. The molecule has 0 heterocycles. The van der Waals surface area contributed by atoms with Crippen LogP contribution in [0.15, 0.2) is 42.5 Å². The average Bonchev–Trinajstić information content (AvgIpc) is 2.37. The lowest BCUT2D eigenvalue weighted by atomic mass is 10.1. The molecule has 0 spiro atoms. The second kappa shape index (κ2) is 7.24. The van der Waals surface area contributed by atoms with Crippen molar-refractivity contribution in [2.45, 2.75) is 12.5 Å². The highest BCUT2D eigenvalue weighted by Crippen LogP contribution is 2.02. The number of rotatable bonds is 6. The van der Waals surface area contributed by atoms with Crippen LogP contribution in [-0.4, -0.2) is 34.7 Å². The Morgan fingerprint density at radius 1 is 1.22 bits per heavy atom. The van der Waals surface area contributed by atoms with Gasteiger partial charge in [-0.15, -0.1) is 0 Å². The van der Waals surface area contributed by atoms with Crippen LogP contribution in [0.3, 0.4) is 0 Å². The van der Waals surface area contributed by atoms with Crippen LogP contribution >= 0.6 is 0 Å². The van der Waals surface area contributed by atoms with Gasteiger partial charge in [-0.25, -0.2) is 4.79 Å². The van der Waals surface area contributed by atoms with E-state index in [9.17, 15) is 9.59 Å². The number of aliphatic carboxylic acids is 1. The predicted octanol–water partition coefficient (Wildman–Crippen LogP) is 0.347. The fraction of sp³-hybridized carbons (Fsp3) is 0.231. The summed E-state index contributed by atoms with van der Waals surface area (Å²) in [7, 11) is 0. The number of carboxylic acids is 1. The van der Waals surface area contributed by atoms with Gasteiger partial charge in [-0.2, -0.15) is 0 Å². The number of hydrogen-bond donors (Lipinski definition) is 3. The van der Waals surface area contributed by atoms with Crippen LogP contribution < -0.4 is 5.32 Å². The number of benzene rings is 1. The highest BCUT2D eigenvalue weighted by atomic mass is 16.4. The first-order valence-electron chi connectivity index (χ1n) is 5.48. The lowest BCUT2D eigenvalue weighted by molar-refractivity contribution is -0.131. The Morgan fingerprint density at radius 3 is 2.44 bits per heavy atom. The van der Waals surface area contributed by atoms with Crippen molar-refractivity contribution in [2.75, 3.05) is 6.61 Å². The largest absolute Gasteiger partial charge is 0.478 e. The molecule has 96 valence electrons. The summed E-state index contributed by atoms with van der Waals surface area (Å²) in [6.45, 7) is -0.207. The van der Waals surface area contributed by atoms with Crippen molar-refractivity contribution >= 4 is 11.9 Å². The molecule has 5 heteroatoms. The van der Waals surface area contributed by atoms with Crippen LogP contribution in [0.25, 0.3) is 0 Å². The van der Waals surface area contributed by atoms with Gasteiger partial charge in [-0.05, 0) is 12.0 Å². The van der Waals surface area contributed by atoms with E-state index < -0.39 is 17.9 Å². The quantitative estimate of drug-likeness (QED) is 0.635. The molecule has 0 aliphatic carbocycles. The second-order valence-corrected chi connectivity index (χ2v) is 3.75. The molecular formula is C13H15NO4. The molecule has 0 aliphatic rings. The summed E-state index contributed by atoms with van der Waals surface area (Å²) < 4.78 is 0. The summed E-state index contributed by atoms with van der Waals surface area (Å²) >= 11 is 0. The molecule has 1 aromatic carbocycles. The van der Waals surface area contributed by atoms with Gasteiger partial charge in [-0.3, -0.25) is 4.79 Å². The van der Waals surface area contributed by atoms with Crippen molar-refractivity contribution in [1.82, 2.24) is 5.32 Å².